The highest BCUT2D eigenvalue weighted by Crippen LogP contribution is 2.31. The Morgan fingerprint density at radius 3 is 2.00 bits per heavy atom. The molecule has 5 aromatic rings. The van der Waals surface area contributed by atoms with Crippen LogP contribution in [0.5, 0.6) is 0 Å². The van der Waals surface area contributed by atoms with Gasteiger partial charge in [-0.25, -0.2) is 0 Å². The standard InChI is InChI=1S/C24H18S/c1-2-6-19-13-17(9-11-18(19)5-1)10-12-23-15-22-14-20-7-3-4-8-21(20)16-24(22)25-23/h1-9,11,13-16H,10,12H2. The first-order chi connectivity index (χ1) is 12.3. The fraction of sp³-hybridized carbons (Fsp3) is 0.0833. The second-order valence-corrected chi connectivity index (χ2v) is 7.80. The lowest BCUT2D eigenvalue weighted by atomic mass is 10.0. The van der Waals surface area contributed by atoms with Gasteiger partial charge in [0.25, 0.3) is 0 Å². The molecule has 0 fully saturated rings. The molecular weight excluding hydrogens is 320 g/mol. The van der Waals surface area contributed by atoms with E-state index in [4.69, 9.17) is 0 Å². The van der Waals surface area contributed by atoms with Crippen LogP contribution in [0, 0.1) is 0 Å². The lowest BCUT2D eigenvalue weighted by Crippen LogP contribution is -1.88. The predicted octanol–water partition coefficient (Wildman–Crippen LogP) is 6.99. The van der Waals surface area contributed by atoms with Crippen molar-refractivity contribution in [1.82, 2.24) is 0 Å². The summed E-state index contributed by atoms with van der Waals surface area (Å²) in [6.07, 6.45) is 2.20. The number of thiophene rings is 1. The molecule has 25 heavy (non-hydrogen) atoms. The van der Waals surface area contributed by atoms with Crippen molar-refractivity contribution in [2.75, 3.05) is 0 Å². The van der Waals surface area contributed by atoms with Gasteiger partial charge in [-0.15, -0.1) is 11.3 Å². The van der Waals surface area contributed by atoms with Crippen LogP contribution in [0.25, 0.3) is 31.6 Å². The van der Waals surface area contributed by atoms with Gasteiger partial charge in [-0.05, 0) is 63.5 Å². The van der Waals surface area contributed by atoms with Crippen LogP contribution in [0.1, 0.15) is 10.4 Å². The molecule has 0 aliphatic rings. The number of benzene rings is 4. The van der Waals surface area contributed by atoms with Crippen LogP contribution < -0.4 is 0 Å². The maximum Gasteiger partial charge on any atom is 0.0352 e. The molecule has 1 heteroatoms. The number of rotatable bonds is 3. The summed E-state index contributed by atoms with van der Waals surface area (Å²) in [5.41, 5.74) is 1.42. The molecule has 0 nitrogen and oxygen atoms in total. The van der Waals surface area contributed by atoms with Crippen molar-refractivity contribution in [3.8, 4) is 0 Å². The topological polar surface area (TPSA) is 0 Å². The van der Waals surface area contributed by atoms with Gasteiger partial charge in [0.15, 0.2) is 0 Å². The molecule has 0 aliphatic carbocycles. The fourth-order valence-electron chi connectivity index (χ4n) is 3.57. The minimum Gasteiger partial charge on any atom is -0.140 e. The monoisotopic (exact) mass is 338 g/mol. The van der Waals surface area contributed by atoms with E-state index in [1.54, 1.807) is 0 Å². The van der Waals surface area contributed by atoms with E-state index in [1.807, 2.05) is 11.3 Å². The maximum absolute atomic E-state index is 2.37. The van der Waals surface area contributed by atoms with Crippen molar-refractivity contribution in [1.29, 1.82) is 0 Å². The third-order valence-corrected chi connectivity index (χ3v) is 6.07. The Hall–Kier alpha value is -2.64. The zero-order valence-electron chi connectivity index (χ0n) is 13.9. The molecule has 0 aliphatic heterocycles. The van der Waals surface area contributed by atoms with Crippen molar-refractivity contribution >= 4 is 43.0 Å². The molecule has 4 aromatic carbocycles. The van der Waals surface area contributed by atoms with E-state index in [-0.39, 0.29) is 0 Å². The summed E-state index contributed by atoms with van der Waals surface area (Å²) in [6.45, 7) is 0. The van der Waals surface area contributed by atoms with Crippen LogP contribution >= 0.6 is 11.3 Å². The first-order valence-corrected chi connectivity index (χ1v) is 9.56. The van der Waals surface area contributed by atoms with Gasteiger partial charge in [-0.3, -0.25) is 0 Å². The van der Waals surface area contributed by atoms with E-state index < -0.39 is 0 Å². The van der Waals surface area contributed by atoms with E-state index in [2.05, 4.69) is 84.9 Å². The van der Waals surface area contributed by atoms with Crippen LogP contribution in [0.3, 0.4) is 0 Å². The molecule has 0 atom stereocenters. The molecule has 0 saturated heterocycles. The van der Waals surface area contributed by atoms with Crippen LogP contribution in [0.4, 0.5) is 0 Å². The minimum absolute atomic E-state index is 1.09. The molecule has 120 valence electrons. The van der Waals surface area contributed by atoms with Gasteiger partial charge in [0, 0.05) is 9.58 Å². The summed E-state index contributed by atoms with van der Waals surface area (Å²) >= 11 is 1.93. The highest BCUT2D eigenvalue weighted by Gasteiger charge is 2.05. The largest absolute Gasteiger partial charge is 0.140 e. The zero-order chi connectivity index (χ0) is 16.6. The average Bonchev–Trinajstić information content (AvgIpc) is 3.06. The van der Waals surface area contributed by atoms with E-state index in [0.29, 0.717) is 0 Å². The van der Waals surface area contributed by atoms with Gasteiger partial charge in [0.1, 0.15) is 0 Å². The van der Waals surface area contributed by atoms with E-state index >= 15 is 0 Å². The van der Waals surface area contributed by atoms with E-state index in [0.717, 1.165) is 12.8 Å². The summed E-state index contributed by atoms with van der Waals surface area (Å²) in [7, 11) is 0. The summed E-state index contributed by atoms with van der Waals surface area (Å²) in [6, 6.07) is 31.1. The minimum atomic E-state index is 1.09. The fourth-order valence-corrected chi connectivity index (χ4v) is 4.66. The van der Waals surface area contributed by atoms with Crippen LogP contribution in [0.2, 0.25) is 0 Å². The Morgan fingerprint density at radius 1 is 0.520 bits per heavy atom. The highest BCUT2D eigenvalue weighted by atomic mass is 32.1. The molecule has 0 unspecified atom stereocenters. The van der Waals surface area contributed by atoms with Gasteiger partial charge < -0.3 is 0 Å². The number of fused-ring (bicyclic) bond motifs is 3. The molecule has 0 saturated carbocycles. The average molecular weight is 338 g/mol. The number of aryl methyl sites for hydroxylation is 2. The highest BCUT2D eigenvalue weighted by molar-refractivity contribution is 7.19. The molecule has 0 amide bonds. The van der Waals surface area contributed by atoms with Crippen molar-refractivity contribution in [2.45, 2.75) is 12.8 Å². The van der Waals surface area contributed by atoms with Gasteiger partial charge in [0.05, 0.1) is 0 Å². The first-order valence-electron chi connectivity index (χ1n) is 8.74. The summed E-state index contributed by atoms with van der Waals surface area (Å²) in [5, 5.41) is 6.69. The molecular formula is C24H18S. The van der Waals surface area contributed by atoms with Crippen molar-refractivity contribution in [3.63, 3.8) is 0 Å². The van der Waals surface area contributed by atoms with Gasteiger partial charge >= 0.3 is 0 Å². The quantitative estimate of drug-likeness (QED) is 0.332. The van der Waals surface area contributed by atoms with E-state index in [1.165, 1.54) is 42.1 Å². The smallest absolute Gasteiger partial charge is 0.0352 e. The predicted molar refractivity (Wildman–Crippen MR) is 111 cm³/mol. The second-order valence-electron chi connectivity index (χ2n) is 6.63. The number of hydrogen-bond acceptors (Lipinski definition) is 1. The van der Waals surface area contributed by atoms with E-state index in [9.17, 15) is 0 Å². The van der Waals surface area contributed by atoms with Gasteiger partial charge in [-0.2, -0.15) is 0 Å². The Balaban J connectivity index is 1.43. The Bertz CT molecular complexity index is 1140. The third-order valence-electron chi connectivity index (χ3n) is 4.91. The lowest BCUT2D eigenvalue weighted by Gasteiger charge is -2.03. The molecule has 0 spiro atoms. The maximum atomic E-state index is 2.37. The van der Waals surface area contributed by atoms with Crippen LogP contribution in [-0.2, 0) is 12.8 Å². The molecule has 5 rings (SSSR count). The molecule has 1 heterocycles. The van der Waals surface area contributed by atoms with Gasteiger partial charge in [-0.1, -0.05) is 66.7 Å². The molecule has 0 radical (unpaired) electrons. The Morgan fingerprint density at radius 2 is 1.20 bits per heavy atom. The van der Waals surface area contributed by atoms with Crippen LogP contribution in [-0.4, -0.2) is 0 Å². The van der Waals surface area contributed by atoms with Crippen molar-refractivity contribution in [2.24, 2.45) is 0 Å². The Kier molecular flexibility index (Phi) is 3.53. The van der Waals surface area contributed by atoms with Crippen molar-refractivity contribution < 1.29 is 0 Å². The SMILES string of the molecule is c1ccc2cc(CCc3cc4cc5ccccc5cc4s3)ccc2c1. The summed E-state index contributed by atoms with van der Waals surface area (Å²) in [4.78, 5) is 1.47. The van der Waals surface area contributed by atoms with Gasteiger partial charge in [0.2, 0.25) is 0 Å². The number of hydrogen-bond donors (Lipinski definition) is 0. The lowest BCUT2D eigenvalue weighted by molar-refractivity contribution is 0.984. The van der Waals surface area contributed by atoms with Crippen molar-refractivity contribution in [3.05, 3.63) is 95.4 Å². The normalized spacial score (nSPS) is 11.5. The first kappa shape index (κ1) is 14.7. The van der Waals surface area contributed by atoms with Crippen LogP contribution in [0.15, 0.2) is 84.9 Å². The summed E-state index contributed by atoms with van der Waals surface area (Å²) < 4.78 is 1.40. The zero-order valence-corrected chi connectivity index (χ0v) is 14.7. The molecule has 1 aromatic heterocycles. The molecule has 0 bridgehead atoms. The summed E-state index contributed by atoms with van der Waals surface area (Å²) in [5.74, 6) is 0. The Labute approximate surface area is 151 Å². The second kappa shape index (κ2) is 6.02. The third kappa shape index (κ3) is 2.81. The molecule has 0 N–H and O–H groups in total.